The van der Waals surface area contributed by atoms with E-state index in [9.17, 15) is 9.90 Å². The summed E-state index contributed by atoms with van der Waals surface area (Å²) < 4.78 is 0. The fourth-order valence-corrected chi connectivity index (χ4v) is 1.51. The third kappa shape index (κ3) is 1.48. The van der Waals surface area contributed by atoms with Crippen LogP contribution < -0.4 is 4.87 Å². The third-order valence-electron chi connectivity index (χ3n) is 1.39. The molecule has 12 heavy (non-hydrogen) atoms. The number of allylic oxidation sites excluding steroid dienone is 1. The number of nitrogens with one attached hydrogen (secondary N) is 1. The summed E-state index contributed by atoms with van der Waals surface area (Å²) in [6.45, 7) is 5.23. The lowest BCUT2D eigenvalue weighted by Crippen LogP contribution is -1.94. The second kappa shape index (κ2) is 3.40. The number of hydrogen-bond donors (Lipinski definition) is 2. The number of H-pyrrole nitrogens is 1. The molecule has 0 saturated carbocycles. The van der Waals surface area contributed by atoms with Gasteiger partial charge in [-0.2, -0.15) is 0 Å². The van der Waals surface area contributed by atoms with E-state index in [0.717, 1.165) is 11.3 Å². The zero-order chi connectivity index (χ0) is 9.14. The molecule has 0 bridgehead atoms. The second-order valence-corrected chi connectivity index (χ2v) is 3.15. The highest BCUT2D eigenvalue weighted by atomic mass is 32.1. The number of rotatable bonds is 2. The molecular weight excluding hydrogens is 174 g/mol. The second-order valence-electron chi connectivity index (χ2n) is 2.13. The average Bonchev–Trinajstić information content (AvgIpc) is 2.45. The van der Waals surface area contributed by atoms with E-state index < -0.39 is 0 Å². The van der Waals surface area contributed by atoms with Crippen LogP contribution in [0.5, 0.6) is 0 Å². The number of hydrogen-bond acceptors (Lipinski definition) is 3. The van der Waals surface area contributed by atoms with Crippen molar-refractivity contribution in [3.63, 3.8) is 0 Å². The summed E-state index contributed by atoms with van der Waals surface area (Å²) in [4.78, 5) is 13.9. The summed E-state index contributed by atoms with van der Waals surface area (Å²) in [6.07, 6.45) is 3.06. The van der Waals surface area contributed by atoms with Crippen LogP contribution in [0.15, 0.2) is 17.4 Å². The molecule has 1 heterocycles. The SMILES string of the molecule is C=Cc1sc(=O)[nH]c1/C(O)=C\C. The Morgan fingerprint density at radius 3 is 2.92 bits per heavy atom. The standard InChI is InChI=1S/C8H9NO2S/c1-3-5(10)7-6(4-2)12-8(11)9-7/h3-4,10H,2H2,1H3,(H,9,11)/b5-3+. The van der Waals surface area contributed by atoms with Gasteiger partial charge in [0.2, 0.25) is 0 Å². The van der Waals surface area contributed by atoms with Crippen molar-refractivity contribution in [2.75, 3.05) is 0 Å². The first-order valence-electron chi connectivity index (χ1n) is 3.40. The molecule has 0 spiro atoms. The van der Waals surface area contributed by atoms with E-state index in [-0.39, 0.29) is 10.6 Å². The van der Waals surface area contributed by atoms with Crippen molar-refractivity contribution in [2.24, 2.45) is 0 Å². The summed E-state index contributed by atoms with van der Waals surface area (Å²) in [7, 11) is 0. The molecule has 0 atom stereocenters. The fourth-order valence-electron chi connectivity index (χ4n) is 0.818. The lowest BCUT2D eigenvalue weighted by Gasteiger charge is -1.94. The molecule has 0 radical (unpaired) electrons. The van der Waals surface area contributed by atoms with E-state index in [1.54, 1.807) is 6.92 Å². The van der Waals surface area contributed by atoms with Gasteiger partial charge in [-0.15, -0.1) is 0 Å². The molecule has 2 N–H and O–H groups in total. The van der Waals surface area contributed by atoms with Gasteiger partial charge < -0.3 is 10.1 Å². The number of aliphatic hydroxyl groups is 1. The monoisotopic (exact) mass is 183 g/mol. The summed E-state index contributed by atoms with van der Waals surface area (Å²) in [5.41, 5.74) is 0.447. The number of thiazole rings is 1. The third-order valence-corrected chi connectivity index (χ3v) is 2.27. The molecule has 0 amide bonds. The van der Waals surface area contributed by atoms with Crippen LogP contribution in [-0.2, 0) is 0 Å². The first-order valence-corrected chi connectivity index (χ1v) is 4.22. The van der Waals surface area contributed by atoms with E-state index in [1.165, 1.54) is 12.2 Å². The maximum atomic E-state index is 10.9. The van der Waals surface area contributed by atoms with Crippen molar-refractivity contribution in [3.05, 3.63) is 32.9 Å². The Labute approximate surface area is 73.7 Å². The highest BCUT2D eigenvalue weighted by molar-refractivity contribution is 7.10. The van der Waals surface area contributed by atoms with Crippen LogP contribution in [0.1, 0.15) is 17.5 Å². The van der Waals surface area contributed by atoms with Crippen LogP contribution in [-0.4, -0.2) is 10.1 Å². The normalized spacial score (nSPS) is 11.6. The molecule has 1 rings (SSSR count). The topological polar surface area (TPSA) is 53.1 Å². The average molecular weight is 183 g/mol. The van der Waals surface area contributed by atoms with E-state index >= 15 is 0 Å². The van der Waals surface area contributed by atoms with Gasteiger partial charge in [0.1, 0.15) is 11.5 Å². The Balaban J connectivity index is 3.31. The van der Waals surface area contributed by atoms with Crippen LogP contribution in [0.3, 0.4) is 0 Å². The molecule has 1 aromatic rings. The number of aromatic amines is 1. The van der Waals surface area contributed by atoms with Gasteiger partial charge in [0.25, 0.3) is 0 Å². The molecule has 0 aliphatic rings. The molecule has 0 saturated heterocycles. The predicted molar refractivity (Wildman–Crippen MR) is 51.3 cm³/mol. The summed E-state index contributed by atoms with van der Waals surface area (Å²) in [5.74, 6) is 0.0725. The van der Waals surface area contributed by atoms with Crippen LogP contribution >= 0.6 is 11.3 Å². The molecule has 4 heteroatoms. The minimum Gasteiger partial charge on any atom is -0.506 e. The summed E-state index contributed by atoms with van der Waals surface area (Å²) in [5, 5.41) is 9.30. The minimum absolute atomic E-state index is 0.0725. The molecular formula is C8H9NO2S. The molecule has 0 aliphatic heterocycles. The van der Waals surface area contributed by atoms with Crippen molar-refractivity contribution in [1.82, 2.24) is 4.98 Å². The van der Waals surface area contributed by atoms with Crippen LogP contribution in [0.2, 0.25) is 0 Å². The highest BCUT2D eigenvalue weighted by Crippen LogP contribution is 2.17. The van der Waals surface area contributed by atoms with Crippen molar-refractivity contribution < 1.29 is 5.11 Å². The van der Waals surface area contributed by atoms with Gasteiger partial charge >= 0.3 is 4.87 Å². The molecule has 1 aromatic heterocycles. The summed E-state index contributed by atoms with van der Waals surface area (Å²) >= 11 is 1.03. The van der Waals surface area contributed by atoms with Crippen molar-refractivity contribution in [2.45, 2.75) is 6.92 Å². The Bertz CT molecular complexity index is 373. The Morgan fingerprint density at radius 1 is 1.75 bits per heavy atom. The Kier molecular flexibility index (Phi) is 2.50. The minimum atomic E-state index is -0.187. The van der Waals surface area contributed by atoms with Crippen molar-refractivity contribution in [1.29, 1.82) is 0 Å². The molecule has 64 valence electrons. The van der Waals surface area contributed by atoms with Gasteiger partial charge in [-0.05, 0) is 19.1 Å². The van der Waals surface area contributed by atoms with Crippen LogP contribution in [0, 0.1) is 0 Å². The lowest BCUT2D eigenvalue weighted by molar-refractivity contribution is 0.508. The summed E-state index contributed by atoms with van der Waals surface area (Å²) in [6, 6.07) is 0. The largest absolute Gasteiger partial charge is 0.506 e. The maximum absolute atomic E-state index is 10.9. The zero-order valence-corrected chi connectivity index (χ0v) is 7.44. The Morgan fingerprint density at radius 2 is 2.42 bits per heavy atom. The molecule has 0 aromatic carbocycles. The quantitative estimate of drug-likeness (QED) is 0.689. The van der Waals surface area contributed by atoms with Gasteiger partial charge in [0, 0.05) is 0 Å². The van der Waals surface area contributed by atoms with E-state index in [1.807, 2.05) is 0 Å². The van der Waals surface area contributed by atoms with Gasteiger partial charge in [0.15, 0.2) is 0 Å². The van der Waals surface area contributed by atoms with Gasteiger partial charge in [0.05, 0.1) is 4.88 Å². The maximum Gasteiger partial charge on any atom is 0.305 e. The van der Waals surface area contributed by atoms with Crippen molar-refractivity contribution >= 4 is 23.2 Å². The first kappa shape index (κ1) is 8.80. The van der Waals surface area contributed by atoms with E-state index in [4.69, 9.17) is 0 Å². The molecule has 0 unspecified atom stereocenters. The molecule has 0 fully saturated rings. The zero-order valence-electron chi connectivity index (χ0n) is 6.63. The number of aromatic nitrogens is 1. The Hall–Kier alpha value is -1.29. The molecule has 0 aliphatic carbocycles. The van der Waals surface area contributed by atoms with Gasteiger partial charge in [-0.25, -0.2) is 0 Å². The fraction of sp³-hybridized carbons (Fsp3) is 0.125. The molecule has 3 nitrogen and oxygen atoms in total. The predicted octanol–water partition coefficient (Wildman–Crippen LogP) is 2.00. The highest BCUT2D eigenvalue weighted by Gasteiger charge is 2.07. The lowest BCUT2D eigenvalue weighted by atomic mass is 10.3. The van der Waals surface area contributed by atoms with E-state index in [2.05, 4.69) is 11.6 Å². The number of aliphatic hydroxyl groups excluding tert-OH is 1. The van der Waals surface area contributed by atoms with E-state index in [0.29, 0.717) is 10.6 Å². The van der Waals surface area contributed by atoms with Crippen molar-refractivity contribution in [3.8, 4) is 0 Å². The van der Waals surface area contributed by atoms with Gasteiger partial charge in [-0.1, -0.05) is 17.9 Å². The van der Waals surface area contributed by atoms with Crippen LogP contribution in [0.4, 0.5) is 0 Å². The van der Waals surface area contributed by atoms with Crippen LogP contribution in [0.25, 0.3) is 11.8 Å². The van der Waals surface area contributed by atoms with Gasteiger partial charge in [-0.3, -0.25) is 4.79 Å². The smallest absolute Gasteiger partial charge is 0.305 e. The first-order chi connectivity index (χ1) is 5.69.